The Morgan fingerprint density at radius 3 is 0.727 bits per heavy atom. The molecule has 0 fully saturated rings. The Kier molecular flexibility index (Phi) is 20.4. The van der Waals surface area contributed by atoms with Gasteiger partial charge in [-0.25, -0.2) is 29.9 Å². The topological polar surface area (TPSA) is 92.1 Å². The highest BCUT2D eigenvalue weighted by Gasteiger charge is 2.25. The first-order valence-electron chi connectivity index (χ1n) is 48.6. The van der Waals surface area contributed by atoms with E-state index in [1.54, 1.807) is 0 Å². The van der Waals surface area contributed by atoms with Crippen LogP contribution in [0.1, 0.15) is 0 Å². The fourth-order valence-corrected chi connectivity index (χ4v) is 21.6. The van der Waals surface area contributed by atoms with Crippen LogP contribution in [-0.4, -0.2) is 43.6 Å². The average molecular weight is 1820 g/mol. The van der Waals surface area contributed by atoms with E-state index in [1.165, 1.54) is 152 Å². The minimum atomic E-state index is 0.709. The maximum Gasteiger partial charge on any atom is 0.160 e. The second-order valence-corrected chi connectivity index (χ2v) is 36.7. The molecule has 0 N–H and O–H groups in total. The zero-order valence-corrected chi connectivity index (χ0v) is 77.6. The van der Waals surface area contributed by atoms with Gasteiger partial charge in [-0.3, -0.25) is 0 Å². The molecule has 0 saturated heterocycles. The van der Waals surface area contributed by atoms with Crippen LogP contribution in [0, 0.1) is 0 Å². The van der Waals surface area contributed by atoms with Gasteiger partial charge in [-0.05, 0) is 183 Å². The highest BCUT2D eigenvalue weighted by molar-refractivity contribution is 6.31. The molecule has 0 radical (unpaired) electrons. The molecule has 666 valence electrons. The molecule has 6 heterocycles. The maximum atomic E-state index is 5.21. The highest BCUT2D eigenvalue weighted by Crippen LogP contribution is 2.47. The fourth-order valence-electron chi connectivity index (χ4n) is 21.6. The van der Waals surface area contributed by atoms with Crippen molar-refractivity contribution in [1.29, 1.82) is 0 Å². The molecule has 0 aliphatic carbocycles. The summed E-state index contributed by atoms with van der Waals surface area (Å²) in [7, 11) is 0. The molecule has 6 aromatic heterocycles. The first-order chi connectivity index (χ1) is 70.9. The second kappa shape index (κ2) is 35.1. The average Bonchev–Trinajstić information content (AvgIpc) is 1.57. The molecule has 0 aliphatic rings. The van der Waals surface area contributed by atoms with Crippen molar-refractivity contribution in [3.63, 3.8) is 0 Å². The van der Waals surface area contributed by atoms with Gasteiger partial charge in [0.05, 0.1) is 67.3 Å². The van der Waals surface area contributed by atoms with Crippen LogP contribution >= 0.6 is 0 Å². The van der Waals surface area contributed by atoms with Crippen molar-refractivity contribution in [2.45, 2.75) is 0 Å². The Hall–Kier alpha value is -19.2. The third-order valence-electron chi connectivity index (χ3n) is 28.3. The van der Waals surface area contributed by atoms with Gasteiger partial charge in [0.2, 0.25) is 0 Å². The Morgan fingerprint density at radius 1 is 0.126 bits per heavy atom. The number of benzene rings is 23. The van der Waals surface area contributed by atoms with Crippen molar-refractivity contribution >= 4 is 152 Å². The predicted octanol–water partition coefficient (Wildman–Crippen LogP) is 34.9. The van der Waals surface area contributed by atoms with Gasteiger partial charge in [0.15, 0.2) is 17.5 Å². The summed E-state index contributed by atoms with van der Waals surface area (Å²) in [6, 6.07) is 183. The number of nitrogens with zero attached hydrogens (tertiary/aromatic N) is 9. The third-order valence-corrected chi connectivity index (χ3v) is 28.3. The van der Waals surface area contributed by atoms with Crippen molar-refractivity contribution in [3.8, 4) is 119 Å². The highest BCUT2D eigenvalue weighted by atomic mass is 15.0. The number of aromatic nitrogens is 9. The smallest absolute Gasteiger partial charge is 0.160 e. The van der Waals surface area contributed by atoms with Crippen LogP contribution < -0.4 is 0 Å². The van der Waals surface area contributed by atoms with Crippen molar-refractivity contribution in [2.24, 2.45) is 0 Å². The van der Waals surface area contributed by atoms with Crippen LogP contribution in [0.25, 0.3) is 270 Å². The molecule has 0 spiro atoms. The number of fused-ring (bicyclic) bond motifs is 23. The van der Waals surface area contributed by atoms with Crippen molar-refractivity contribution in [3.05, 3.63) is 516 Å². The van der Waals surface area contributed by atoms with Crippen molar-refractivity contribution < 1.29 is 0 Å². The Morgan fingerprint density at radius 2 is 0.364 bits per heavy atom. The van der Waals surface area contributed by atoms with Gasteiger partial charge in [-0.2, -0.15) is 0 Å². The third kappa shape index (κ3) is 14.8. The summed E-state index contributed by atoms with van der Waals surface area (Å²) in [5, 5.41) is 27.5. The first kappa shape index (κ1) is 83.2. The SMILES string of the molecule is c1ccc(-c2cc(-c3ccc(-n4c5ccc6ccccc6c5c5c6ccccc6ccc54)cc3)nc(-c3ccccc3)n2)cc1.c1ccc(-c2cc(-c3cccc(-n4c5ccc6ccccc6c5c5c6ccccc6ccc54)c3)nc(-c3ccc4ccccc4c3)n2)cc1.c1ccc(-c2nc(-c3cccc(-n4c5ccc6ccccc6c5c5c6ccccc6ccc54)c3)cc(-c3cccc4ccccc34)n2)cc1. The van der Waals surface area contributed by atoms with Gasteiger partial charge >= 0.3 is 0 Å². The molecule has 143 heavy (non-hydrogen) atoms. The fraction of sp³-hybridized carbons (Fsp3) is 0. The lowest BCUT2D eigenvalue weighted by atomic mass is 10.00. The molecule has 0 aliphatic heterocycles. The van der Waals surface area contributed by atoms with Gasteiger partial charge in [-0.15, -0.1) is 0 Å². The van der Waals surface area contributed by atoms with Crippen LogP contribution in [0.4, 0.5) is 0 Å². The zero-order valence-electron chi connectivity index (χ0n) is 77.6. The Balaban J connectivity index is 0.000000107. The Labute approximate surface area is 823 Å². The van der Waals surface area contributed by atoms with Crippen LogP contribution in [0.5, 0.6) is 0 Å². The summed E-state index contributed by atoms with van der Waals surface area (Å²) in [6.07, 6.45) is 0. The van der Waals surface area contributed by atoms with Crippen LogP contribution in [0.15, 0.2) is 516 Å². The van der Waals surface area contributed by atoms with Crippen LogP contribution in [0.2, 0.25) is 0 Å². The summed E-state index contributed by atoms with van der Waals surface area (Å²) in [4.78, 5) is 30.7. The van der Waals surface area contributed by atoms with E-state index >= 15 is 0 Å². The van der Waals surface area contributed by atoms with Gasteiger partial charge in [-0.1, -0.05) is 419 Å². The molecule has 29 aromatic rings. The van der Waals surface area contributed by atoms with Crippen LogP contribution in [-0.2, 0) is 0 Å². The molecule has 0 atom stereocenters. The monoisotopic (exact) mass is 1820 g/mol. The molecule has 9 heteroatoms. The number of hydrogen-bond acceptors (Lipinski definition) is 6. The molecule has 29 rings (SSSR count). The van der Waals surface area contributed by atoms with Crippen molar-refractivity contribution in [2.75, 3.05) is 0 Å². The molecule has 0 saturated carbocycles. The Bertz CT molecular complexity index is 9760. The molecule has 0 unspecified atom stereocenters. The van der Waals surface area contributed by atoms with Crippen molar-refractivity contribution in [1.82, 2.24) is 43.6 Å². The molecule has 0 amide bonds. The van der Waals surface area contributed by atoms with E-state index in [9.17, 15) is 0 Å². The quantitative estimate of drug-likeness (QED) is 0.121. The van der Waals surface area contributed by atoms with Gasteiger partial charge in [0.1, 0.15) is 0 Å². The summed E-state index contributed by atoms with van der Waals surface area (Å²) in [5.74, 6) is 2.14. The molecular formula is C134H85N9. The minimum absolute atomic E-state index is 0.709. The lowest BCUT2D eigenvalue weighted by Crippen LogP contribution is -1.98. The predicted molar refractivity (Wildman–Crippen MR) is 598 cm³/mol. The van der Waals surface area contributed by atoms with Gasteiger partial charge < -0.3 is 13.7 Å². The largest absolute Gasteiger partial charge is 0.309 e. The number of rotatable bonds is 12. The molecule has 0 bridgehead atoms. The van der Waals surface area contributed by atoms with Gasteiger partial charge in [0.25, 0.3) is 0 Å². The molecular weight excluding hydrogens is 1740 g/mol. The first-order valence-corrected chi connectivity index (χ1v) is 48.6. The molecule has 23 aromatic carbocycles. The standard InChI is InChI=1S/2C46H29N3.C42H27N3/c1-2-15-33(16-3-1)46-47-40(29-41(48-46)39-23-11-17-30-12-4-7-20-36(30)39)34-18-10-19-35(28-34)49-42-26-24-31-13-5-8-21-37(31)44(42)45-38-22-9-6-14-32(38)25-27-43(45)49;1-2-14-33(15-3-1)40-29-41(48-46(47-40)36-22-21-30-11-4-5-16-34(30)27-36)35-17-10-18-37(28-35)49-42-25-23-31-12-6-8-19-38(31)44(42)45-39-20-9-7-13-32(39)24-26-43(45)49;1-3-13-30(14-4-1)36-27-37(44-42(43-36)32-15-5-2-6-16-32)31-19-23-33(24-20-31)45-38-25-21-28-11-7-9-17-34(28)40(38)41-35-18-10-8-12-29(35)22-26-39(41)45/h2*1-29H;1-27H. The summed E-state index contributed by atoms with van der Waals surface area (Å²) in [5.41, 5.74) is 25.2. The summed E-state index contributed by atoms with van der Waals surface area (Å²) >= 11 is 0. The maximum absolute atomic E-state index is 5.21. The second-order valence-electron chi connectivity index (χ2n) is 36.7. The normalized spacial score (nSPS) is 11.6. The van der Waals surface area contributed by atoms with E-state index in [-0.39, 0.29) is 0 Å². The van der Waals surface area contributed by atoms with E-state index in [0.29, 0.717) is 11.6 Å². The van der Waals surface area contributed by atoms with Gasteiger partial charge in [0, 0.05) is 99.5 Å². The van der Waals surface area contributed by atoms with E-state index < -0.39 is 0 Å². The zero-order chi connectivity index (χ0) is 94.4. The van der Waals surface area contributed by atoms with E-state index in [2.05, 4.69) is 469 Å². The summed E-state index contributed by atoms with van der Waals surface area (Å²) in [6.45, 7) is 0. The lowest BCUT2D eigenvalue weighted by Gasteiger charge is -2.13. The van der Waals surface area contributed by atoms with E-state index in [1.807, 2.05) is 60.7 Å². The minimum Gasteiger partial charge on any atom is -0.309 e. The van der Waals surface area contributed by atoms with E-state index in [0.717, 1.165) is 107 Å². The van der Waals surface area contributed by atoms with E-state index in [4.69, 9.17) is 29.9 Å². The van der Waals surface area contributed by atoms with Crippen LogP contribution in [0.3, 0.4) is 0 Å². The summed E-state index contributed by atoms with van der Waals surface area (Å²) < 4.78 is 7.23. The number of hydrogen-bond donors (Lipinski definition) is 0. The molecule has 9 nitrogen and oxygen atoms in total. The lowest BCUT2D eigenvalue weighted by molar-refractivity contribution is 1.17.